The van der Waals surface area contributed by atoms with Gasteiger partial charge in [-0.15, -0.1) is 0 Å². The first kappa shape index (κ1) is 15.0. The summed E-state index contributed by atoms with van der Waals surface area (Å²) < 4.78 is 4.72. The summed E-state index contributed by atoms with van der Waals surface area (Å²) in [6.45, 7) is 5.65. The van der Waals surface area contributed by atoms with Gasteiger partial charge >= 0.3 is 5.97 Å². The number of ether oxygens (including phenoxy) is 1. The Hall–Kier alpha value is -2.36. The van der Waals surface area contributed by atoms with Crippen LogP contribution in [0.5, 0.6) is 0 Å². The highest BCUT2D eigenvalue weighted by Gasteiger charge is 2.20. The van der Waals surface area contributed by atoms with Crippen LogP contribution in [0.15, 0.2) is 24.3 Å². The van der Waals surface area contributed by atoms with E-state index in [1.807, 2.05) is 32.9 Å². The lowest BCUT2D eigenvalue weighted by Crippen LogP contribution is -2.08. The number of fused-ring (bicyclic) bond motifs is 1. The molecule has 0 bridgehead atoms. The molecule has 0 aliphatic rings. The molecule has 0 radical (unpaired) electrons. The van der Waals surface area contributed by atoms with Crippen molar-refractivity contribution in [3.63, 3.8) is 0 Å². The summed E-state index contributed by atoms with van der Waals surface area (Å²) >= 11 is 0. The van der Waals surface area contributed by atoms with E-state index >= 15 is 0 Å². The molecule has 21 heavy (non-hydrogen) atoms. The van der Waals surface area contributed by atoms with Gasteiger partial charge in [0.1, 0.15) is 0 Å². The summed E-state index contributed by atoms with van der Waals surface area (Å²) in [5, 5.41) is 0.828. The van der Waals surface area contributed by atoms with E-state index in [-0.39, 0.29) is 11.7 Å². The number of carbonyl (C=O) groups is 2. The van der Waals surface area contributed by atoms with Gasteiger partial charge in [-0.3, -0.25) is 4.79 Å². The van der Waals surface area contributed by atoms with Crippen LogP contribution in [0, 0.1) is 5.92 Å². The van der Waals surface area contributed by atoms with Crippen molar-refractivity contribution in [1.29, 1.82) is 0 Å². The van der Waals surface area contributed by atoms with Gasteiger partial charge in [0.15, 0.2) is 5.78 Å². The van der Waals surface area contributed by atoms with Crippen LogP contribution < -0.4 is 0 Å². The van der Waals surface area contributed by atoms with Crippen LogP contribution in [0.2, 0.25) is 0 Å². The number of benzene rings is 1. The Morgan fingerprint density at radius 2 is 2.00 bits per heavy atom. The Morgan fingerprint density at radius 1 is 1.29 bits per heavy atom. The maximum absolute atomic E-state index is 12.4. The van der Waals surface area contributed by atoms with Crippen LogP contribution in [0.3, 0.4) is 0 Å². The van der Waals surface area contributed by atoms with E-state index < -0.39 is 5.97 Å². The molecule has 1 heterocycles. The van der Waals surface area contributed by atoms with Crippen molar-refractivity contribution < 1.29 is 14.3 Å². The molecule has 0 amide bonds. The molecule has 4 heteroatoms. The molecule has 4 nitrogen and oxygen atoms in total. The van der Waals surface area contributed by atoms with Gasteiger partial charge in [-0.1, -0.05) is 26.0 Å². The second-order valence-electron chi connectivity index (χ2n) is 5.18. The van der Waals surface area contributed by atoms with E-state index in [2.05, 4.69) is 4.98 Å². The number of aromatic amines is 1. The average molecular weight is 285 g/mol. The van der Waals surface area contributed by atoms with Crippen LogP contribution in [-0.2, 0) is 4.74 Å². The Bertz CT molecular complexity index is 723. The molecule has 0 aliphatic carbocycles. The van der Waals surface area contributed by atoms with E-state index in [1.165, 1.54) is 7.11 Å². The van der Waals surface area contributed by atoms with Gasteiger partial charge in [-0.05, 0) is 25.1 Å². The van der Waals surface area contributed by atoms with Gasteiger partial charge in [0, 0.05) is 22.5 Å². The van der Waals surface area contributed by atoms with Crippen molar-refractivity contribution in [2.24, 2.45) is 5.92 Å². The second kappa shape index (κ2) is 5.95. The fraction of sp³-hybridized carbons (Fsp3) is 0.294. The number of H-pyrrole nitrogens is 1. The standard InChI is InChI=1S/C17H19NO3/c1-5-6-13-15(16(19)10(2)3)12-8-7-11(17(20)21-4)9-14(12)18-13/h5-10,18H,1-4H3. The fourth-order valence-corrected chi connectivity index (χ4v) is 2.31. The molecule has 0 unspecified atom stereocenters. The molecule has 0 saturated heterocycles. The summed E-state index contributed by atoms with van der Waals surface area (Å²) in [6.07, 6.45) is 3.75. The lowest BCUT2D eigenvalue weighted by molar-refractivity contribution is 0.0600. The van der Waals surface area contributed by atoms with Gasteiger partial charge in [-0.2, -0.15) is 0 Å². The minimum Gasteiger partial charge on any atom is -0.465 e. The van der Waals surface area contributed by atoms with Gasteiger partial charge in [0.2, 0.25) is 0 Å². The zero-order valence-electron chi connectivity index (χ0n) is 12.7. The molecule has 0 saturated carbocycles. The minimum absolute atomic E-state index is 0.0835. The van der Waals surface area contributed by atoms with Crippen LogP contribution >= 0.6 is 0 Å². The number of methoxy groups -OCH3 is 1. The monoisotopic (exact) mass is 285 g/mol. The van der Waals surface area contributed by atoms with Crippen molar-refractivity contribution >= 4 is 28.7 Å². The zero-order valence-corrected chi connectivity index (χ0v) is 12.7. The number of ketones is 1. The smallest absolute Gasteiger partial charge is 0.337 e. The predicted octanol–water partition coefficient (Wildman–Crippen LogP) is 3.83. The quantitative estimate of drug-likeness (QED) is 0.686. The third-order valence-electron chi connectivity index (χ3n) is 3.35. The molecule has 0 fully saturated rings. The van der Waals surface area contributed by atoms with Gasteiger partial charge in [0.25, 0.3) is 0 Å². The first-order valence-corrected chi connectivity index (χ1v) is 6.90. The highest BCUT2D eigenvalue weighted by Crippen LogP contribution is 2.27. The third-order valence-corrected chi connectivity index (χ3v) is 3.35. The van der Waals surface area contributed by atoms with Crippen molar-refractivity contribution in [2.45, 2.75) is 20.8 Å². The van der Waals surface area contributed by atoms with Gasteiger partial charge < -0.3 is 9.72 Å². The van der Waals surface area contributed by atoms with Crippen LogP contribution in [-0.4, -0.2) is 23.8 Å². The van der Waals surface area contributed by atoms with Gasteiger partial charge in [0.05, 0.1) is 18.2 Å². The van der Waals surface area contributed by atoms with E-state index in [9.17, 15) is 9.59 Å². The summed E-state index contributed by atoms with van der Waals surface area (Å²) in [7, 11) is 1.35. The molecule has 1 aromatic carbocycles. The third kappa shape index (κ3) is 2.75. The number of allylic oxidation sites excluding steroid dienone is 1. The molecule has 1 aromatic heterocycles. The molecule has 2 rings (SSSR count). The number of rotatable bonds is 4. The molecular weight excluding hydrogens is 266 g/mol. The number of carbonyl (C=O) groups excluding carboxylic acids is 2. The topological polar surface area (TPSA) is 59.2 Å². The van der Waals surface area contributed by atoms with Crippen LogP contribution in [0.4, 0.5) is 0 Å². The zero-order chi connectivity index (χ0) is 15.6. The SMILES string of the molecule is CC=Cc1[nH]c2cc(C(=O)OC)ccc2c1C(=O)C(C)C. The molecule has 1 N–H and O–H groups in total. The van der Waals surface area contributed by atoms with E-state index in [4.69, 9.17) is 4.74 Å². The number of aromatic nitrogens is 1. The highest BCUT2D eigenvalue weighted by molar-refractivity contribution is 6.12. The Labute approximate surface area is 123 Å². The van der Waals surface area contributed by atoms with E-state index in [0.29, 0.717) is 11.1 Å². The first-order valence-electron chi connectivity index (χ1n) is 6.90. The van der Waals surface area contributed by atoms with Gasteiger partial charge in [-0.25, -0.2) is 4.79 Å². The molecule has 0 atom stereocenters. The van der Waals surface area contributed by atoms with Crippen molar-refractivity contribution in [2.75, 3.05) is 7.11 Å². The average Bonchev–Trinajstić information content (AvgIpc) is 2.82. The second-order valence-corrected chi connectivity index (χ2v) is 5.18. The number of Topliss-reactive ketones (excluding diaryl/α,β-unsaturated/α-hetero) is 1. The summed E-state index contributed by atoms with van der Waals surface area (Å²) in [5.74, 6) is -0.399. The number of esters is 1. The van der Waals surface area contributed by atoms with Crippen LogP contribution in [0.1, 0.15) is 47.2 Å². The Balaban J connectivity index is 2.68. The Kier molecular flexibility index (Phi) is 4.26. The van der Waals surface area contributed by atoms with Crippen molar-refractivity contribution in [3.05, 3.63) is 41.1 Å². The van der Waals surface area contributed by atoms with E-state index in [1.54, 1.807) is 18.2 Å². The number of hydrogen-bond donors (Lipinski definition) is 1. The maximum atomic E-state index is 12.4. The molecule has 0 aliphatic heterocycles. The molecule has 2 aromatic rings. The first-order chi connectivity index (χ1) is 9.99. The van der Waals surface area contributed by atoms with E-state index in [0.717, 1.165) is 16.6 Å². The fourth-order valence-electron chi connectivity index (χ4n) is 2.31. The summed E-state index contributed by atoms with van der Waals surface area (Å²) in [4.78, 5) is 27.2. The predicted molar refractivity (Wildman–Crippen MR) is 83.5 cm³/mol. The number of hydrogen-bond acceptors (Lipinski definition) is 3. The Morgan fingerprint density at radius 3 is 2.57 bits per heavy atom. The molecular formula is C17H19NO3. The highest BCUT2D eigenvalue weighted by atomic mass is 16.5. The summed E-state index contributed by atoms with van der Waals surface area (Å²) in [5.41, 5.74) is 2.67. The van der Waals surface area contributed by atoms with Crippen LogP contribution in [0.25, 0.3) is 17.0 Å². The number of nitrogens with one attached hydrogen (secondary N) is 1. The minimum atomic E-state index is -0.393. The lowest BCUT2D eigenvalue weighted by Gasteiger charge is -2.04. The normalized spacial score (nSPS) is 11.5. The summed E-state index contributed by atoms with van der Waals surface area (Å²) in [6, 6.07) is 5.19. The molecule has 0 spiro atoms. The maximum Gasteiger partial charge on any atom is 0.337 e. The lowest BCUT2D eigenvalue weighted by atomic mass is 9.97. The van der Waals surface area contributed by atoms with Crippen molar-refractivity contribution in [3.8, 4) is 0 Å². The molecule has 110 valence electrons. The van der Waals surface area contributed by atoms with Crippen molar-refractivity contribution in [1.82, 2.24) is 4.98 Å². The largest absolute Gasteiger partial charge is 0.465 e.